The Balaban J connectivity index is 3.50. The molecule has 0 fully saturated rings. The minimum absolute atomic E-state index is 0.708. The van der Waals surface area contributed by atoms with Crippen LogP contribution in [0.5, 0.6) is 0 Å². The lowest BCUT2D eigenvalue weighted by Gasteiger charge is -2.18. The molecule has 1 nitrogen and oxygen atoms in total. The van der Waals surface area contributed by atoms with Crippen molar-refractivity contribution in [2.45, 2.75) is 33.6 Å². The smallest absolute Gasteiger partial charge is 0.00489 e. The van der Waals surface area contributed by atoms with Crippen LogP contribution in [-0.2, 0) is 0 Å². The summed E-state index contributed by atoms with van der Waals surface area (Å²) < 4.78 is 0. The maximum absolute atomic E-state index is 5.52. The first-order chi connectivity index (χ1) is 4.26. The third-order valence-corrected chi connectivity index (χ3v) is 2.23. The Hall–Kier alpha value is -0.0400. The summed E-state index contributed by atoms with van der Waals surface area (Å²) in [6.07, 6.45) is 2.55. The zero-order valence-corrected chi connectivity index (χ0v) is 6.85. The summed E-state index contributed by atoms with van der Waals surface area (Å²) in [4.78, 5) is 0. The minimum Gasteiger partial charge on any atom is -0.330 e. The number of hydrogen-bond donors (Lipinski definition) is 1. The second-order valence-electron chi connectivity index (χ2n) is 2.79. The van der Waals surface area contributed by atoms with Crippen LogP contribution in [-0.4, -0.2) is 6.54 Å². The third-order valence-electron chi connectivity index (χ3n) is 2.23. The molecule has 0 aliphatic rings. The highest BCUT2D eigenvalue weighted by Crippen LogP contribution is 2.17. The van der Waals surface area contributed by atoms with Crippen LogP contribution in [0.2, 0.25) is 0 Å². The molecule has 0 radical (unpaired) electrons. The molecule has 1 atom stereocenters. The van der Waals surface area contributed by atoms with E-state index in [2.05, 4.69) is 20.8 Å². The molecular weight excluding hydrogens is 110 g/mol. The van der Waals surface area contributed by atoms with E-state index in [1.807, 2.05) is 0 Å². The lowest BCUT2D eigenvalue weighted by atomic mass is 9.90. The van der Waals surface area contributed by atoms with E-state index in [0.717, 1.165) is 12.5 Å². The van der Waals surface area contributed by atoms with Gasteiger partial charge in [0.05, 0.1) is 0 Å². The van der Waals surface area contributed by atoms with E-state index >= 15 is 0 Å². The first kappa shape index (κ1) is 8.96. The van der Waals surface area contributed by atoms with Gasteiger partial charge >= 0.3 is 0 Å². The van der Waals surface area contributed by atoms with Crippen LogP contribution in [0.25, 0.3) is 0 Å². The Labute approximate surface area is 58.6 Å². The van der Waals surface area contributed by atoms with Gasteiger partial charge in [0.15, 0.2) is 0 Å². The van der Waals surface area contributed by atoms with Crippen LogP contribution in [0.1, 0.15) is 33.6 Å². The van der Waals surface area contributed by atoms with E-state index in [-0.39, 0.29) is 0 Å². The molecule has 0 saturated heterocycles. The fourth-order valence-electron chi connectivity index (χ4n) is 1.29. The van der Waals surface area contributed by atoms with Crippen molar-refractivity contribution < 1.29 is 0 Å². The highest BCUT2D eigenvalue weighted by molar-refractivity contribution is 4.63. The molecule has 0 aromatic carbocycles. The van der Waals surface area contributed by atoms with Crippen LogP contribution >= 0.6 is 0 Å². The monoisotopic (exact) mass is 129 g/mol. The summed E-state index contributed by atoms with van der Waals surface area (Å²) in [7, 11) is 0. The fraction of sp³-hybridized carbons (Fsp3) is 1.00. The lowest BCUT2D eigenvalue weighted by Crippen LogP contribution is -2.19. The molecule has 0 aromatic heterocycles. The van der Waals surface area contributed by atoms with Crippen molar-refractivity contribution in [3.63, 3.8) is 0 Å². The van der Waals surface area contributed by atoms with Crippen LogP contribution in [0.15, 0.2) is 0 Å². The summed E-state index contributed by atoms with van der Waals surface area (Å²) >= 11 is 0. The standard InChI is InChI=1S/C8H19N/c1-4-8(5-2)7(3)6-9/h7-8H,4-6,9H2,1-3H3/t7-/m1/s1. The minimum atomic E-state index is 0.708. The summed E-state index contributed by atoms with van der Waals surface area (Å²) in [6.45, 7) is 7.55. The van der Waals surface area contributed by atoms with Gasteiger partial charge in [-0.2, -0.15) is 0 Å². The van der Waals surface area contributed by atoms with E-state index in [0.29, 0.717) is 5.92 Å². The predicted molar refractivity (Wildman–Crippen MR) is 42.3 cm³/mol. The molecule has 0 amide bonds. The van der Waals surface area contributed by atoms with Crippen LogP contribution in [0.4, 0.5) is 0 Å². The van der Waals surface area contributed by atoms with Gasteiger partial charge < -0.3 is 5.73 Å². The molecule has 0 spiro atoms. The van der Waals surface area contributed by atoms with Crippen molar-refractivity contribution in [2.75, 3.05) is 6.54 Å². The van der Waals surface area contributed by atoms with Crippen molar-refractivity contribution >= 4 is 0 Å². The SMILES string of the molecule is CCC(CC)[C@H](C)CN. The number of nitrogens with two attached hydrogens (primary N) is 1. The Morgan fingerprint density at radius 2 is 1.67 bits per heavy atom. The van der Waals surface area contributed by atoms with Gasteiger partial charge in [-0.05, 0) is 18.4 Å². The summed E-state index contributed by atoms with van der Waals surface area (Å²) in [6, 6.07) is 0. The van der Waals surface area contributed by atoms with Gasteiger partial charge in [0.2, 0.25) is 0 Å². The first-order valence-corrected chi connectivity index (χ1v) is 3.96. The summed E-state index contributed by atoms with van der Waals surface area (Å²) in [5.74, 6) is 1.55. The van der Waals surface area contributed by atoms with Gasteiger partial charge in [-0.15, -0.1) is 0 Å². The van der Waals surface area contributed by atoms with Crippen molar-refractivity contribution in [1.29, 1.82) is 0 Å². The predicted octanol–water partition coefficient (Wildman–Crippen LogP) is 2.02. The average Bonchev–Trinajstić information content (AvgIpc) is 1.90. The Morgan fingerprint density at radius 1 is 1.22 bits per heavy atom. The molecule has 0 aliphatic carbocycles. The number of rotatable bonds is 4. The van der Waals surface area contributed by atoms with E-state index in [1.165, 1.54) is 12.8 Å². The molecule has 9 heavy (non-hydrogen) atoms. The molecule has 0 heterocycles. The van der Waals surface area contributed by atoms with E-state index in [1.54, 1.807) is 0 Å². The number of hydrogen-bond acceptors (Lipinski definition) is 1. The summed E-state index contributed by atoms with van der Waals surface area (Å²) in [5, 5.41) is 0. The van der Waals surface area contributed by atoms with Crippen molar-refractivity contribution in [3.8, 4) is 0 Å². The van der Waals surface area contributed by atoms with Crippen molar-refractivity contribution in [1.82, 2.24) is 0 Å². The second kappa shape index (κ2) is 4.80. The topological polar surface area (TPSA) is 26.0 Å². The molecule has 0 aliphatic heterocycles. The Morgan fingerprint density at radius 3 is 1.78 bits per heavy atom. The van der Waals surface area contributed by atoms with Crippen LogP contribution < -0.4 is 5.73 Å². The van der Waals surface area contributed by atoms with Crippen LogP contribution in [0.3, 0.4) is 0 Å². The highest BCUT2D eigenvalue weighted by Gasteiger charge is 2.10. The van der Waals surface area contributed by atoms with Crippen molar-refractivity contribution in [2.24, 2.45) is 17.6 Å². The quantitative estimate of drug-likeness (QED) is 0.617. The molecule has 0 aromatic rings. The maximum atomic E-state index is 5.52. The summed E-state index contributed by atoms with van der Waals surface area (Å²) in [5.41, 5.74) is 5.52. The lowest BCUT2D eigenvalue weighted by molar-refractivity contribution is 0.344. The normalized spacial score (nSPS) is 14.3. The van der Waals surface area contributed by atoms with Crippen LogP contribution in [0, 0.1) is 11.8 Å². The molecular formula is C8H19N. The zero-order chi connectivity index (χ0) is 7.28. The average molecular weight is 129 g/mol. The van der Waals surface area contributed by atoms with E-state index < -0.39 is 0 Å². The molecule has 0 unspecified atom stereocenters. The maximum Gasteiger partial charge on any atom is -0.00489 e. The highest BCUT2D eigenvalue weighted by atomic mass is 14.5. The van der Waals surface area contributed by atoms with E-state index in [4.69, 9.17) is 5.73 Å². The van der Waals surface area contributed by atoms with Gasteiger partial charge in [-0.3, -0.25) is 0 Å². The third kappa shape index (κ3) is 2.85. The van der Waals surface area contributed by atoms with Gasteiger partial charge in [0, 0.05) is 0 Å². The van der Waals surface area contributed by atoms with E-state index in [9.17, 15) is 0 Å². The molecule has 0 bridgehead atoms. The second-order valence-corrected chi connectivity index (χ2v) is 2.79. The molecule has 0 rings (SSSR count). The molecule has 2 N–H and O–H groups in total. The first-order valence-electron chi connectivity index (χ1n) is 3.96. The molecule has 1 heteroatoms. The fourth-order valence-corrected chi connectivity index (χ4v) is 1.29. The largest absolute Gasteiger partial charge is 0.330 e. The van der Waals surface area contributed by atoms with Gasteiger partial charge in [0.1, 0.15) is 0 Å². The van der Waals surface area contributed by atoms with Gasteiger partial charge in [0.25, 0.3) is 0 Å². The molecule has 56 valence electrons. The Kier molecular flexibility index (Phi) is 4.78. The van der Waals surface area contributed by atoms with Crippen molar-refractivity contribution in [3.05, 3.63) is 0 Å². The van der Waals surface area contributed by atoms with Gasteiger partial charge in [-0.25, -0.2) is 0 Å². The Bertz CT molecular complexity index is 57.6. The van der Waals surface area contributed by atoms with Gasteiger partial charge in [-0.1, -0.05) is 33.6 Å². The molecule has 0 saturated carbocycles. The zero-order valence-electron chi connectivity index (χ0n) is 6.85.